The van der Waals surface area contributed by atoms with E-state index in [0.717, 1.165) is 5.56 Å². The van der Waals surface area contributed by atoms with Crippen molar-refractivity contribution in [2.24, 2.45) is 0 Å². The Hall–Kier alpha value is -4.53. The zero-order valence-corrected chi connectivity index (χ0v) is 18.5. The van der Waals surface area contributed by atoms with Gasteiger partial charge in [0.1, 0.15) is 17.6 Å². The van der Waals surface area contributed by atoms with Crippen LogP contribution in [0, 0.1) is 5.82 Å². The molecule has 170 valence electrons. The molecule has 1 amide bonds. The van der Waals surface area contributed by atoms with Crippen LogP contribution in [-0.2, 0) is 4.79 Å². The second-order valence-electron chi connectivity index (χ2n) is 7.68. The monoisotopic (exact) mass is 456 g/mol. The van der Waals surface area contributed by atoms with Gasteiger partial charge < -0.3 is 15.4 Å². The van der Waals surface area contributed by atoms with Crippen LogP contribution in [0.1, 0.15) is 18.5 Å². The summed E-state index contributed by atoms with van der Waals surface area (Å²) in [5.74, 6) is 0.504. The number of aromatic nitrogens is 4. The number of carbonyl (C=O) groups excluding carboxylic acids is 1. The molecule has 1 aliphatic heterocycles. The first-order chi connectivity index (χ1) is 16.6. The standard InChI is InChI=1S/C25H21FN6O2/c1-15-21(24(33)29-19-9-5-6-10-20(19)34-2)22(17-7-3-4-8-18(17)26)32-25(28-15)30-23(31-32)16-11-13-27-14-12-16/h3-14,22H,1-2H3,(H,29,33)(H,28,30,31). The van der Waals surface area contributed by atoms with E-state index in [1.54, 1.807) is 67.8 Å². The summed E-state index contributed by atoms with van der Waals surface area (Å²) < 4.78 is 21.9. The van der Waals surface area contributed by atoms with Gasteiger partial charge >= 0.3 is 0 Å². The molecule has 1 unspecified atom stereocenters. The molecule has 0 radical (unpaired) electrons. The van der Waals surface area contributed by atoms with Gasteiger partial charge in [0.15, 0.2) is 5.82 Å². The van der Waals surface area contributed by atoms with Gasteiger partial charge in [-0.2, -0.15) is 4.98 Å². The fraction of sp³-hybridized carbons (Fsp3) is 0.120. The molecule has 1 aliphatic rings. The molecule has 0 aliphatic carbocycles. The van der Waals surface area contributed by atoms with Crippen molar-refractivity contribution in [3.63, 3.8) is 0 Å². The van der Waals surface area contributed by atoms with Crippen molar-refractivity contribution in [3.05, 3.63) is 95.7 Å². The number of rotatable bonds is 5. The summed E-state index contributed by atoms with van der Waals surface area (Å²) in [6.07, 6.45) is 3.29. The van der Waals surface area contributed by atoms with E-state index >= 15 is 4.39 Å². The number of nitrogens with zero attached hydrogens (tertiary/aromatic N) is 4. The maximum Gasteiger partial charge on any atom is 0.255 e. The number of nitrogens with one attached hydrogen (secondary N) is 2. The molecule has 0 saturated heterocycles. The van der Waals surface area contributed by atoms with Gasteiger partial charge in [-0.05, 0) is 37.3 Å². The number of halogens is 1. The highest BCUT2D eigenvalue weighted by Crippen LogP contribution is 2.38. The van der Waals surface area contributed by atoms with Gasteiger partial charge in [-0.1, -0.05) is 30.3 Å². The lowest BCUT2D eigenvalue weighted by Crippen LogP contribution is -2.32. The van der Waals surface area contributed by atoms with E-state index in [1.807, 2.05) is 6.07 Å². The van der Waals surface area contributed by atoms with Gasteiger partial charge in [-0.15, -0.1) is 5.10 Å². The van der Waals surface area contributed by atoms with E-state index < -0.39 is 17.8 Å². The molecule has 0 fully saturated rings. The average Bonchev–Trinajstić information content (AvgIpc) is 3.28. The third kappa shape index (κ3) is 3.77. The number of hydrogen-bond acceptors (Lipinski definition) is 6. The van der Waals surface area contributed by atoms with E-state index in [1.165, 1.54) is 17.9 Å². The first-order valence-electron chi connectivity index (χ1n) is 10.6. The van der Waals surface area contributed by atoms with Crippen LogP contribution < -0.4 is 15.4 Å². The molecule has 3 heterocycles. The highest BCUT2D eigenvalue weighted by Gasteiger charge is 2.36. The van der Waals surface area contributed by atoms with Crippen molar-refractivity contribution in [1.82, 2.24) is 19.7 Å². The fourth-order valence-corrected chi connectivity index (χ4v) is 3.99. The Morgan fingerprint density at radius 2 is 1.82 bits per heavy atom. The molecule has 4 aromatic rings. The van der Waals surface area contributed by atoms with Gasteiger partial charge in [0.05, 0.1) is 18.4 Å². The molecular formula is C25H21FN6O2. The molecule has 0 bridgehead atoms. The Balaban J connectivity index is 1.62. The minimum Gasteiger partial charge on any atom is -0.495 e. The molecule has 2 aromatic carbocycles. The number of methoxy groups -OCH3 is 1. The van der Waals surface area contributed by atoms with Crippen LogP contribution in [0.5, 0.6) is 5.75 Å². The van der Waals surface area contributed by atoms with Gasteiger partial charge in [-0.3, -0.25) is 9.78 Å². The van der Waals surface area contributed by atoms with Crippen molar-refractivity contribution in [1.29, 1.82) is 0 Å². The highest BCUT2D eigenvalue weighted by atomic mass is 19.1. The maximum absolute atomic E-state index is 15.0. The van der Waals surface area contributed by atoms with Crippen LogP contribution in [-0.4, -0.2) is 32.8 Å². The lowest BCUT2D eigenvalue weighted by atomic mass is 9.94. The molecule has 0 saturated carbocycles. The van der Waals surface area contributed by atoms with E-state index in [0.29, 0.717) is 40.0 Å². The van der Waals surface area contributed by atoms with Crippen LogP contribution >= 0.6 is 0 Å². The Labute approximate surface area is 195 Å². The third-order valence-corrected chi connectivity index (χ3v) is 5.59. The Bertz CT molecular complexity index is 1400. The van der Waals surface area contributed by atoms with Crippen molar-refractivity contribution >= 4 is 17.5 Å². The molecule has 2 aromatic heterocycles. The molecule has 34 heavy (non-hydrogen) atoms. The summed E-state index contributed by atoms with van der Waals surface area (Å²) in [5.41, 5.74) is 2.42. The smallest absolute Gasteiger partial charge is 0.255 e. The minimum atomic E-state index is -0.838. The number of ether oxygens (including phenoxy) is 1. The summed E-state index contributed by atoms with van der Waals surface area (Å²) in [4.78, 5) is 22.2. The summed E-state index contributed by atoms with van der Waals surface area (Å²) in [6, 6.07) is 16.2. The molecule has 8 nitrogen and oxygen atoms in total. The second-order valence-corrected chi connectivity index (χ2v) is 7.68. The molecule has 2 N–H and O–H groups in total. The number of carbonyl (C=O) groups is 1. The molecule has 0 spiro atoms. The number of pyridine rings is 1. The summed E-state index contributed by atoms with van der Waals surface area (Å²) in [7, 11) is 1.53. The molecule has 1 atom stereocenters. The van der Waals surface area contributed by atoms with Crippen LogP contribution in [0.4, 0.5) is 16.0 Å². The first kappa shape index (κ1) is 21.3. The summed E-state index contributed by atoms with van der Waals surface area (Å²) in [6.45, 7) is 1.76. The fourth-order valence-electron chi connectivity index (χ4n) is 3.99. The highest BCUT2D eigenvalue weighted by molar-refractivity contribution is 6.06. The third-order valence-electron chi connectivity index (χ3n) is 5.59. The van der Waals surface area contributed by atoms with Crippen molar-refractivity contribution in [2.75, 3.05) is 17.7 Å². The summed E-state index contributed by atoms with van der Waals surface area (Å²) >= 11 is 0. The van der Waals surface area contributed by atoms with Crippen molar-refractivity contribution in [3.8, 4) is 17.1 Å². The Morgan fingerprint density at radius 3 is 2.59 bits per heavy atom. The summed E-state index contributed by atoms with van der Waals surface area (Å²) in [5, 5.41) is 10.7. The largest absolute Gasteiger partial charge is 0.495 e. The van der Waals surface area contributed by atoms with Crippen LogP contribution in [0.2, 0.25) is 0 Å². The van der Waals surface area contributed by atoms with Crippen molar-refractivity contribution < 1.29 is 13.9 Å². The average molecular weight is 456 g/mol. The van der Waals surface area contributed by atoms with E-state index in [9.17, 15) is 4.79 Å². The van der Waals surface area contributed by atoms with Crippen molar-refractivity contribution in [2.45, 2.75) is 13.0 Å². The number of hydrogen-bond donors (Lipinski definition) is 2. The van der Waals surface area contributed by atoms with E-state index in [2.05, 4.69) is 25.7 Å². The predicted octanol–water partition coefficient (Wildman–Crippen LogP) is 4.42. The quantitative estimate of drug-likeness (QED) is 0.462. The number of fused-ring (bicyclic) bond motifs is 1. The van der Waals surface area contributed by atoms with Crippen LogP contribution in [0.15, 0.2) is 84.3 Å². The second kappa shape index (κ2) is 8.78. The SMILES string of the molecule is COc1ccccc1NC(=O)C1=C(C)Nc2nc(-c3ccncc3)nn2C1c1ccccc1F. The molecule has 5 rings (SSSR count). The molecular weight excluding hydrogens is 435 g/mol. The number of benzene rings is 2. The predicted molar refractivity (Wildman–Crippen MR) is 126 cm³/mol. The number of amides is 1. The lowest BCUT2D eigenvalue weighted by Gasteiger charge is -2.29. The lowest BCUT2D eigenvalue weighted by molar-refractivity contribution is -0.113. The zero-order chi connectivity index (χ0) is 23.7. The molecule has 9 heteroatoms. The van der Waals surface area contributed by atoms with Crippen LogP contribution in [0.25, 0.3) is 11.4 Å². The number of anilines is 2. The zero-order valence-electron chi connectivity index (χ0n) is 18.5. The normalized spacial score (nSPS) is 14.9. The Morgan fingerprint density at radius 1 is 1.09 bits per heavy atom. The van der Waals surface area contributed by atoms with Gasteiger partial charge in [0.2, 0.25) is 5.95 Å². The van der Waals surface area contributed by atoms with E-state index in [-0.39, 0.29) is 0 Å². The van der Waals surface area contributed by atoms with Gasteiger partial charge in [0.25, 0.3) is 5.91 Å². The number of allylic oxidation sites excluding steroid dienone is 1. The van der Waals surface area contributed by atoms with Crippen LogP contribution in [0.3, 0.4) is 0 Å². The maximum atomic E-state index is 15.0. The Kier molecular flexibility index (Phi) is 5.51. The number of para-hydroxylation sites is 2. The minimum absolute atomic E-state index is 0.306. The van der Waals surface area contributed by atoms with E-state index in [4.69, 9.17) is 4.74 Å². The van der Waals surface area contributed by atoms with Gasteiger partial charge in [-0.25, -0.2) is 9.07 Å². The first-order valence-corrected chi connectivity index (χ1v) is 10.6. The van der Waals surface area contributed by atoms with Gasteiger partial charge in [0, 0.05) is 29.2 Å². The topological polar surface area (TPSA) is 94.0 Å².